The predicted octanol–water partition coefficient (Wildman–Crippen LogP) is 4.90. The summed E-state index contributed by atoms with van der Waals surface area (Å²) in [6.45, 7) is 1.40. The lowest BCUT2D eigenvalue weighted by Gasteiger charge is -2.20. The van der Waals surface area contributed by atoms with E-state index in [0.29, 0.717) is 21.8 Å². The molecule has 0 spiro atoms. The van der Waals surface area contributed by atoms with Gasteiger partial charge in [0.05, 0.1) is 18.2 Å². The van der Waals surface area contributed by atoms with Gasteiger partial charge in [0.15, 0.2) is 5.78 Å². The molecule has 1 heterocycles. The average molecular weight is 546 g/mol. The molecule has 0 unspecified atom stereocenters. The van der Waals surface area contributed by atoms with Gasteiger partial charge in [-0.15, -0.1) is 5.10 Å². The number of nitrogens with one attached hydrogen (secondary N) is 1. The monoisotopic (exact) mass is 545 g/mol. The number of Topliss-reactive ketones (excluding diaryl/α,β-unsaturated/α-hetero) is 1. The average Bonchev–Trinajstić information content (AvgIpc) is 2.92. The number of hydrogen-bond donors (Lipinski definition) is 2. The van der Waals surface area contributed by atoms with Crippen molar-refractivity contribution in [3.8, 4) is 17.0 Å². The van der Waals surface area contributed by atoms with E-state index in [4.69, 9.17) is 21.4 Å². The Morgan fingerprint density at radius 2 is 1.69 bits per heavy atom. The van der Waals surface area contributed by atoms with Crippen molar-refractivity contribution in [1.29, 1.82) is 0 Å². The zero-order chi connectivity index (χ0) is 28.1. The zero-order valence-electron chi connectivity index (χ0n) is 21.1. The highest BCUT2D eigenvalue weighted by molar-refractivity contribution is 6.31. The summed E-state index contributed by atoms with van der Waals surface area (Å²) in [6.07, 6.45) is 0.130. The maximum absolute atomic E-state index is 13.5. The van der Waals surface area contributed by atoms with E-state index in [2.05, 4.69) is 10.4 Å². The van der Waals surface area contributed by atoms with Gasteiger partial charge in [0.2, 0.25) is 11.8 Å². The SMILES string of the molecule is COc1nn([C@@H](Cc2ccccc2)C(=O)Nc2ccc(C(=O)O)cc2)c(=O)cc1-c1cc(Cl)ccc1C(C)=O. The summed E-state index contributed by atoms with van der Waals surface area (Å²) in [6, 6.07) is 19.6. The molecule has 39 heavy (non-hydrogen) atoms. The van der Waals surface area contributed by atoms with Crippen LogP contribution in [-0.4, -0.2) is 39.7 Å². The van der Waals surface area contributed by atoms with Crippen LogP contribution in [0.2, 0.25) is 5.02 Å². The van der Waals surface area contributed by atoms with Crippen LogP contribution in [0.25, 0.3) is 11.1 Å². The summed E-state index contributed by atoms with van der Waals surface area (Å²) in [5.74, 6) is -1.84. The van der Waals surface area contributed by atoms with Crippen LogP contribution in [0.1, 0.15) is 39.2 Å². The number of anilines is 1. The summed E-state index contributed by atoms with van der Waals surface area (Å²) < 4.78 is 6.53. The number of halogens is 1. The Hall–Kier alpha value is -4.76. The van der Waals surface area contributed by atoms with Gasteiger partial charge in [-0.25, -0.2) is 9.48 Å². The van der Waals surface area contributed by atoms with E-state index in [1.807, 2.05) is 30.3 Å². The fourth-order valence-corrected chi connectivity index (χ4v) is 4.29. The van der Waals surface area contributed by atoms with E-state index >= 15 is 0 Å². The Labute approximate surface area is 228 Å². The number of carbonyl (C=O) groups is 3. The minimum atomic E-state index is -1.09. The van der Waals surface area contributed by atoms with E-state index in [1.54, 1.807) is 18.2 Å². The molecule has 198 valence electrons. The fourth-order valence-electron chi connectivity index (χ4n) is 4.11. The van der Waals surface area contributed by atoms with Crippen molar-refractivity contribution in [3.05, 3.63) is 111 Å². The Morgan fingerprint density at radius 3 is 2.31 bits per heavy atom. The number of rotatable bonds is 9. The molecule has 0 radical (unpaired) electrons. The van der Waals surface area contributed by atoms with Crippen LogP contribution in [0.5, 0.6) is 5.88 Å². The Kier molecular flexibility index (Phi) is 8.21. The molecule has 1 aromatic heterocycles. The number of aromatic carboxylic acids is 1. The zero-order valence-corrected chi connectivity index (χ0v) is 21.8. The second-order valence-corrected chi connectivity index (χ2v) is 9.11. The number of hydrogen-bond acceptors (Lipinski definition) is 6. The van der Waals surface area contributed by atoms with Crippen molar-refractivity contribution < 1.29 is 24.2 Å². The second-order valence-electron chi connectivity index (χ2n) is 8.67. The molecule has 2 N–H and O–H groups in total. The Morgan fingerprint density at radius 1 is 1.00 bits per heavy atom. The first-order valence-electron chi connectivity index (χ1n) is 11.8. The van der Waals surface area contributed by atoms with Gasteiger partial charge in [-0.3, -0.25) is 14.4 Å². The van der Waals surface area contributed by atoms with Gasteiger partial charge >= 0.3 is 5.97 Å². The molecule has 10 heteroatoms. The van der Waals surface area contributed by atoms with Crippen molar-refractivity contribution in [2.24, 2.45) is 0 Å². The van der Waals surface area contributed by atoms with Gasteiger partial charge in [-0.2, -0.15) is 0 Å². The Balaban J connectivity index is 1.79. The summed E-state index contributed by atoms with van der Waals surface area (Å²) in [7, 11) is 1.37. The van der Waals surface area contributed by atoms with Gasteiger partial charge < -0.3 is 15.2 Å². The largest absolute Gasteiger partial charge is 0.480 e. The van der Waals surface area contributed by atoms with Gasteiger partial charge in [0.25, 0.3) is 5.56 Å². The number of amides is 1. The van der Waals surface area contributed by atoms with E-state index in [9.17, 15) is 19.2 Å². The number of ether oxygens (including phenoxy) is 1. The van der Waals surface area contributed by atoms with Crippen LogP contribution in [0.4, 0.5) is 5.69 Å². The van der Waals surface area contributed by atoms with Gasteiger partial charge in [0, 0.05) is 28.8 Å². The minimum Gasteiger partial charge on any atom is -0.480 e. The highest BCUT2D eigenvalue weighted by atomic mass is 35.5. The first-order chi connectivity index (χ1) is 18.7. The number of carbonyl (C=O) groups excluding carboxylic acids is 2. The smallest absolute Gasteiger partial charge is 0.335 e. The summed E-state index contributed by atoms with van der Waals surface area (Å²) in [5, 5.41) is 16.6. The van der Waals surface area contributed by atoms with Crippen molar-refractivity contribution in [3.63, 3.8) is 0 Å². The van der Waals surface area contributed by atoms with Crippen molar-refractivity contribution in [1.82, 2.24) is 9.78 Å². The maximum Gasteiger partial charge on any atom is 0.335 e. The standard InChI is InChI=1S/C29H24ClN3O6/c1-17(34)22-13-10-20(30)15-23(22)24-16-26(35)33(32-28(24)39-2)25(14-18-6-4-3-5-7-18)27(36)31-21-11-8-19(9-12-21)29(37)38/h3-13,15-16,25H,14H2,1-2H3,(H,31,36)(H,37,38)/t25-/m0/s1. The molecular formula is C29H24ClN3O6. The lowest BCUT2D eigenvalue weighted by molar-refractivity contribution is -0.119. The number of ketones is 1. The molecule has 0 aliphatic carbocycles. The molecular weight excluding hydrogens is 522 g/mol. The molecule has 0 fully saturated rings. The molecule has 0 saturated carbocycles. The van der Waals surface area contributed by atoms with Crippen LogP contribution in [0.15, 0.2) is 83.7 Å². The van der Waals surface area contributed by atoms with Crippen molar-refractivity contribution in [2.45, 2.75) is 19.4 Å². The first-order valence-corrected chi connectivity index (χ1v) is 12.2. The van der Waals surface area contributed by atoms with E-state index in [0.717, 1.165) is 10.2 Å². The molecule has 1 atom stereocenters. The van der Waals surface area contributed by atoms with Gasteiger partial charge in [-0.05, 0) is 60.5 Å². The summed E-state index contributed by atoms with van der Waals surface area (Å²) in [4.78, 5) is 50.4. The number of aromatic nitrogens is 2. The number of methoxy groups -OCH3 is 1. The number of nitrogens with zero attached hydrogens (tertiary/aromatic N) is 2. The lowest BCUT2D eigenvalue weighted by atomic mass is 9.98. The molecule has 1 amide bonds. The highest BCUT2D eigenvalue weighted by Gasteiger charge is 2.26. The molecule has 0 aliphatic heterocycles. The first kappa shape index (κ1) is 27.3. The maximum atomic E-state index is 13.5. The molecule has 4 rings (SSSR count). The van der Waals surface area contributed by atoms with Crippen LogP contribution in [0, 0.1) is 0 Å². The van der Waals surface area contributed by atoms with Crippen LogP contribution in [-0.2, 0) is 11.2 Å². The lowest BCUT2D eigenvalue weighted by Crippen LogP contribution is -2.36. The third-order valence-electron chi connectivity index (χ3n) is 6.04. The molecule has 0 aliphatic rings. The molecule has 0 bridgehead atoms. The van der Waals surface area contributed by atoms with E-state index in [1.165, 1.54) is 44.4 Å². The highest BCUT2D eigenvalue weighted by Crippen LogP contribution is 2.32. The molecule has 9 nitrogen and oxygen atoms in total. The number of carboxylic acid groups (broad SMARTS) is 1. The number of benzene rings is 3. The van der Waals surface area contributed by atoms with E-state index < -0.39 is 23.5 Å². The summed E-state index contributed by atoms with van der Waals surface area (Å²) >= 11 is 6.18. The van der Waals surface area contributed by atoms with E-state index in [-0.39, 0.29) is 29.2 Å². The van der Waals surface area contributed by atoms with Gasteiger partial charge in [0.1, 0.15) is 6.04 Å². The van der Waals surface area contributed by atoms with Crippen molar-refractivity contribution in [2.75, 3.05) is 12.4 Å². The van der Waals surface area contributed by atoms with Crippen LogP contribution in [0.3, 0.4) is 0 Å². The van der Waals surface area contributed by atoms with Gasteiger partial charge in [-0.1, -0.05) is 41.9 Å². The predicted molar refractivity (Wildman–Crippen MR) is 147 cm³/mol. The third kappa shape index (κ3) is 6.22. The summed E-state index contributed by atoms with van der Waals surface area (Å²) in [5.41, 5.74) is 1.57. The van der Waals surface area contributed by atoms with Crippen LogP contribution >= 0.6 is 11.6 Å². The number of carboxylic acids is 1. The Bertz CT molecular complexity index is 1600. The molecule has 3 aromatic carbocycles. The molecule has 4 aromatic rings. The quantitative estimate of drug-likeness (QED) is 0.286. The third-order valence-corrected chi connectivity index (χ3v) is 6.27. The molecule has 0 saturated heterocycles. The van der Waals surface area contributed by atoms with Crippen LogP contribution < -0.4 is 15.6 Å². The fraction of sp³-hybridized carbons (Fsp3) is 0.138. The van der Waals surface area contributed by atoms with Crippen molar-refractivity contribution >= 4 is 34.9 Å². The topological polar surface area (TPSA) is 128 Å². The normalized spacial score (nSPS) is 11.5. The second kappa shape index (κ2) is 11.7. The minimum absolute atomic E-state index is 0.0241.